The molecule has 0 saturated carbocycles. The summed E-state index contributed by atoms with van der Waals surface area (Å²) in [5, 5.41) is 0. The van der Waals surface area contributed by atoms with E-state index in [1.165, 1.54) is 19.2 Å². The molecule has 6 heteroatoms. The van der Waals surface area contributed by atoms with Crippen molar-refractivity contribution in [2.45, 2.75) is 4.90 Å². The number of benzene rings is 2. The number of Topliss-reactive ketones (excluding diaryl/α,β-unsaturated/α-hetero) is 1. The van der Waals surface area contributed by atoms with E-state index < -0.39 is 21.4 Å². The Balaban J connectivity index is 2.26. The molecule has 0 aromatic heterocycles. The Morgan fingerprint density at radius 2 is 1.86 bits per heavy atom. The number of carbonyl (C=O) groups is 1. The lowest BCUT2D eigenvalue weighted by Crippen LogP contribution is -2.16. The first-order valence-electron chi connectivity index (χ1n) is 6.08. The molecular weight excluding hydrogens is 356 g/mol. The van der Waals surface area contributed by atoms with Crippen LogP contribution < -0.4 is 4.74 Å². The summed E-state index contributed by atoms with van der Waals surface area (Å²) in [4.78, 5) is 12.2. The normalized spacial score (nSPS) is 11.1. The third-order valence-electron chi connectivity index (χ3n) is 2.87. The predicted molar refractivity (Wildman–Crippen MR) is 83.5 cm³/mol. The maximum absolute atomic E-state index is 12.3. The Labute approximate surface area is 131 Å². The molecule has 0 aliphatic heterocycles. The molecule has 0 aliphatic carbocycles. The van der Waals surface area contributed by atoms with Gasteiger partial charge >= 0.3 is 0 Å². The van der Waals surface area contributed by atoms with Crippen molar-refractivity contribution in [2.75, 3.05) is 12.9 Å². The van der Waals surface area contributed by atoms with E-state index in [0.29, 0.717) is 11.3 Å². The number of hydrogen-bond acceptors (Lipinski definition) is 4. The molecule has 0 aliphatic rings. The summed E-state index contributed by atoms with van der Waals surface area (Å²) in [5.74, 6) is -0.582. The summed E-state index contributed by atoms with van der Waals surface area (Å²) < 4.78 is 30.3. The largest absolute Gasteiger partial charge is 0.497 e. The molecule has 0 N–H and O–H groups in total. The first-order chi connectivity index (χ1) is 9.92. The molecule has 2 aromatic carbocycles. The van der Waals surface area contributed by atoms with Crippen molar-refractivity contribution >= 4 is 31.6 Å². The van der Waals surface area contributed by atoms with Crippen molar-refractivity contribution in [3.8, 4) is 5.75 Å². The number of ether oxygens (including phenoxy) is 1. The fourth-order valence-electron chi connectivity index (χ4n) is 1.80. The van der Waals surface area contributed by atoms with E-state index in [4.69, 9.17) is 4.74 Å². The third-order valence-corrected chi connectivity index (χ3v) is 4.98. The Kier molecular flexibility index (Phi) is 4.80. The fourth-order valence-corrected chi connectivity index (χ4v) is 3.46. The van der Waals surface area contributed by atoms with Gasteiger partial charge in [0.15, 0.2) is 15.6 Å². The maximum Gasteiger partial charge on any atom is 0.185 e. The zero-order valence-electron chi connectivity index (χ0n) is 11.2. The standard InChI is InChI=1S/C15H13BrO4S/c1-20-13-6-3-7-14(9-13)21(18,19)10-15(17)11-4-2-5-12(16)8-11/h2-9H,10H2,1H3. The maximum atomic E-state index is 12.3. The summed E-state index contributed by atoms with van der Waals surface area (Å²) in [5.41, 5.74) is 0.357. The monoisotopic (exact) mass is 368 g/mol. The lowest BCUT2D eigenvalue weighted by Gasteiger charge is -2.06. The van der Waals surface area contributed by atoms with Gasteiger partial charge in [-0.15, -0.1) is 0 Å². The van der Waals surface area contributed by atoms with Gasteiger partial charge < -0.3 is 4.74 Å². The van der Waals surface area contributed by atoms with Crippen molar-refractivity contribution in [2.24, 2.45) is 0 Å². The smallest absolute Gasteiger partial charge is 0.185 e. The highest BCUT2D eigenvalue weighted by Gasteiger charge is 2.21. The van der Waals surface area contributed by atoms with E-state index in [1.807, 2.05) is 0 Å². The van der Waals surface area contributed by atoms with Crippen molar-refractivity contribution in [1.82, 2.24) is 0 Å². The van der Waals surface area contributed by atoms with Crippen LogP contribution in [0.2, 0.25) is 0 Å². The minimum Gasteiger partial charge on any atom is -0.497 e. The Bertz CT molecular complexity index is 769. The van der Waals surface area contributed by atoms with Gasteiger partial charge in [-0.2, -0.15) is 0 Å². The number of hydrogen-bond donors (Lipinski definition) is 0. The van der Waals surface area contributed by atoms with E-state index in [0.717, 1.165) is 4.47 Å². The summed E-state index contributed by atoms with van der Waals surface area (Å²) in [6, 6.07) is 12.7. The van der Waals surface area contributed by atoms with Gasteiger partial charge in [0.2, 0.25) is 0 Å². The second kappa shape index (κ2) is 6.41. The number of carbonyl (C=O) groups excluding carboxylic acids is 1. The van der Waals surface area contributed by atoms with Gasteiger partial charge in [0.25, 0.3) is 0 Å². The average molecular weight is 369 g/mol. The van der Waals surface area contributed by atoms with Gasteiger partial charge in [-0.05, 0) is 30.3 Å². The van der Waals surface area contributed by atoms with Crippen molar-refractivity contribution in [1.29, 1.82) is 0 Å². The molecule has 0 amide bonds. The van der Waals surface area contributed by atoms with Crippen LogP contribution in [0.5, 0.6) is 5.75 Å². The molecule has 0 saturated heterocycles. The predicted octanol–water partition coefficient (Wildman–Crippen LogP) is 3.11. The van der Waals surface area contributed by atoms with Crippen LogP contribution in [0, 0.1) is 0 Å². The number of methoxy groups -OCH3 is 1. The van der Waals surface area contributed by atoms with Crippen LogP contribution >= 0.6 is 15.9 Å². The molecule has 0 unspecified atom stereocenters. The summed E-state index contributed by atoms with van der Waals surface area (Å²) >= 11 is 3.26. The first-order valence-corrected chi connectivity index (χ1v) is 8.52. The minimum absolute atomic E-state index is 0.0743. The van der Waals surface area contributed by atoms with Crippen LogP contribution in [0.25, 0.3) is 0 Å². The summed E-state index contributed by atoms with van der Waals surface area (Å²) in [6.07, 6.45) is 0. The first kappa shape index (κ1) is 15.7. The van der Waals surface area contributed by atoms with Gasteiger partial charge in [-0.3, -0.25) is 4.79 Å². The van der Waals surface area contributed by atoms with Gasteiger partial charge in [0, 0.05) is 10.0 Å². The molecule has 2 aromatic rings. The van der Waals surface area contributed by atoms with Crippen LogP contribution in [0.3, 0.4) is 0 Å². The fraction of sp³-hybridized carbons (Fsp3) is 0.133. The van der Waals surface area contributed by atoms with Gasteiger partial charge in [-0.25, -0.2) is 8.42 Å². The van der Waals surface area contributed by atoms with E-state index in [9.17, 15) is 13.2 Å². The lowest BCUT2D eigenvalue weighted by molar-refractivity contribution is 0.102. The van der Waals surface area contributed by atoms with E-state index >= 15 is 0 Å². The third kappa shape index (κ3) is 3.92. The van der Waals surface area contributed by atoms with Gasteiger partial charge in [0.05, 0.1) is 12.0 Å². The second-order valence-corrected chi connectivity index (χ2v) is 7.28. The van der Waals surface area contributed by atoms with Crippen LogP contribution in [-0.2, 0) is 9.84 Å². The van der Waals surface area contributed by atoms with E-state index in [2.05, 4.69) is 15.9 Å². The SMILES string of the molecule is COc1cccc(S(=O)(=O)CC(=O)c2cccc(Br)c2)c1. The molecule has 0 spiro atoms. The molecule has 0 bridgehead atoms. The van der Waals surface area contributed by atoms with Gasteiger partial charge in [-0.1, -0.05) is 34.1 Å². The molecule has 2 rings (SSSR count). The van der Waals surface area contributed by atoms with E-state index in [1.54, 1.807) is 36.4 Å². The van der Waals surface area contributed by atoms with Crippen molar-refractivity contribution < 1.29 is 17.9 Å². The topological polar surface area (TPSA) is 60.4 Å². The number of ketones is 1. The molecular formula is C15H13BrO4S. The molecule has 0 atom stereocenters. The van der Waals surface area contributed by atoms with Crippen LogP contribution in [0.4, 0.5) is 0 Å². The Morgan fingerprint density at radius 1 is 1.14 bits per heavy atom. The molecule has 0 fully saturated rings. The number of halogens is 1. The highest BCUT2D eigenvalue weighted by Crippen LogP contribution is 2.20. The lowest BCUT2D eigenvalue weighted by atomic mass is 10.2. The van der Waals surface area contributed by atoms with Crippen molar-refractivity contribution in [3.05, 3.63) is 58.6 Å². The van der Waals surface area contributed by atoms with Crippen LogP contribution in [0.1, 0.15) is 10.4 Å². The Hall–Kier alpha value is -1.66. The quantitative estimate of drug-likeness (QED) is 0.760. The van der Waals surface area contributed by atoms with Crippen molar-refractivity contribution in [3.63, 3.8) is 0 Å². The second-order valence-electron chi connectivity index (χ2n) is 4.37. The number of sulfone groups is 1. The van der Waals surface area contributed by atoms with Crippen LogP contribution in [0.15, 0.2) is 57.9 Å². The molecule has 4 nitrogen and oxygen atoms in total. The van der Waals surface area contributed by atoms with Gasteiger partial charge in [0.1, 0.15) is 11.5 Å². The highest BCUT2D eigenvalue weighted by atomic mass is 79.9. The zero-order chi connectivity index (χ0) is 15.5. The average Bonchev–Trinajstić information content (AvgIpc) is 2.47. The van der Waals surface area contributed by atoms with E-state index in [-0.39, 0.29) is 4.90 Å². The summed E-state index contributed by atoms with van der Waals surface area (Å²) in [6.45, 7) is 0. The summed E-state index contributed by atoms with van der Waals surface area (Å²) in [7, 11) is -2.24. The number of rotatable bonds is 5. The highest BCUT2D eigenvalue weighted by molar-refractivity contribution is 9.10. The molecule has 0 radical (unpaired) electrons. The molecule has 21 heavy (non-hydrogen) atoms. The Morgan fingerprint density at radius 3 is 2.52 bits per heavy atom. The minimum atomic E-state index is -3.70. The molecule has 0 heterocycles. The molecule has 110 valence electrons. The van der Waals surface area contributed by atoms with Crippen LogP contribution in [-0.4, -0.2) is 27.1 Å². The zero-order valence-corrected chi connectivity index (χ0v) is 13.6.